The molecule has 2 aromatic heterocycles. The lowest BCUT2D eigenvalue weighted by molar-refractivity contribution is -0.143. The van der Waals surface area contributed by atoms with Gasteiger partial charge in [0.05, 0.1) is 16.7 Å². The fraction of sp³-hybridized carbons (Fsp3) is 0.143. The minimum atomic E-state index is -5.20. The normalized spacial score (nSPS) is 13.1. The van der Waals surface area contributed by atoms with Crippen LogP contribution in [0, 0.1) is 6.92 Å². The summed E-state index contributed by atoms with van der Waals surface area (Å²) in [6, 6.07) is 7.09. The Morgan fingerprint density at radius 3 is 1.49 bits per heavy atom. The van der Waals surface area contributed by atoms with Crippen molar-refractivity contribution in [1.82, 2.24) is 9.97 Å². The van der Waals surface area contributed by atoms with E-state index < -0.39 is 40.8 Å². The summed E-state index contributed by atoms with van der Waals surface area (Å²) < 4.78 is 134. The number of fused-ring (bicyclic) bond motifs is 3. The van der Waals surface area contributed by atoms with Gasteiger partial charge in [0.2, 0.25) is 0 Å². The molecule has 13 heteroatoms. The molecule has 0 spiro atoms. The zero-order chi connectivity index (χ0) is 29.5. The van der Waals surface area contributed by atoms with Gasteiger partial charge in [-0.05, 0) is 70.8 Å². The molecule has 6 aromatic rings. The highest BCUT2D eigenvalue weighted by molar-refractivity contribution is 6.19. The van der Waals surface area contributed by atoms with Gasteiger partial charge in [-0.2, -0.15) is 39.5 Å². The van der Waals surface area contributed by atoms with Crippen molar-refractivity contribution in [2.75, 3.05) is 0 Å². The summed E-state index contributed by atoms with van der Waals surface area (Å²) in [5, 5.41) is 0.289. The number of hydrogen-bond donors (Lipinski definition) is 0. The Morgan fingerprint density at radius 1 is 0.561 bits per heavy atom. The summed E-state index contributed by atoms with van der Waals surface area (Å²) in [5.41, 5.74) is -3.94. The minimum Gasteiger partial charge on any atom is -0.443 e. The van der Waals surface area contributed by atoms with Crippen molar-refractivity contribution >= 4 is 33.0 Å². The second kappa shape index (κ2) is 8.72. The Kier molecular flexibility index (Phi) is 5.67. The first-order chi connectivity index (χ1) is 19.1. The molecule has 0 aliphatic heterocycles. The van der Waals surface area contributed by atoms with Gasteiger partial charge in [-0.3, -0.25) is 0 Å². The van der Waals surface area contributed by atoms with Crippen molar-refractivity contribution in [2.24, 2.45) is 0 Å². The Hall–Kier alpha value is -4.55. The lowest BCUT2D eigenvalue weighted by Gasteiger charge is -2.19. The summed E-state index contributed by atoms with van der Waals surface area (Å²) in [5.74, 6) is 0. The number of halogens is 9. The molecule has 0 saturated carbocycles. The molecule has 0 aliphatic rings. The first kappa shape index (κ1) is 26.7. The van der Waals surface area contributed by atoms with Crippen LogP contribution in [0.4, 0.5) is 39.5 Å². The number of aryl methyl sites for hydroxylation is 1. The summed E-state index contributed by atoms with van der Waals surface area (Å²) in [7, 11) is 0. The van der Waals surface area contributed by atoms with Crippen LogP contribution in [-0.4, -0.2) is 9.97 Å². The van der Waals surface area contributed by atoms with Crippen LogP contribution in [0.2, 0.25) is 0 Å². The van der Waals surface area contributed by atoms with E-state index in [1.54, 1.807) is 0 Å². The van der Waals surface area contributed by atoms with E-state index in [1.165, 1.54) is 25.1 Å². The SMILES string of the molecule is Cc1cc(C(F)(F)F)ccc1-c1c2cc3ncoc3c(-c3ccc(C(F)(F)F)cc3C(F)(F)F)c2cc2ncoc12. The first-order valence-corrected chi connectivity index (χ1v) is 11.7. The van der Waals surface area contributed by atoms with Crippen molar-refractivity contribution < 1.29 is 48.3 Å². The van der Waals surface area contributed by atoms with Gasteiger partial charge in [0.15, 0.2) is 24.0 Å². The first-order valence-electron chi connectivity index (χ1n) is 11.7. The van der Waals surface area contributed by atoms with E-state index in [-0.39, 0.29) is 61.3 Å². The average molecular weight is 580 g/mol. The molecule has 4 nitrogen and oxygen atoms in total. The van der Waals surface area contributed by atoms with E-state index in [2.05, 4.69) is 9.97 Å². The molecule has 2 heterocycles. The maximum Gasteiger partial charge on any atom is 0.417 e. The molecular formula is C28H13F9N2O2. The van der Waals surface area contributed by atoms with E-state index >= 15 is 0 Å². The number of nitrogens with zero attached hydrogens (tertiary/aromatic N) is 2. The third kappa shape index (κ3) is 4.35. The van der Waals surface area contributed by atoms with E-state index in [0.717, 1.165) is 24.9 Å². The molecule has 0 radical (unpaired) electrons. The predicted octanol–water partition coefficient (Wildman–Crippen LogP) is 9.82. The maximum atomic E-state index is 14.2. The third-order valence-corrected chi connectivity index (χ3v) is 6.78. The van der Waals surface area contributed by atoms with Crippen LogP contribution >= 0.6 is 0 Å². The molecule has 41 heavy (non-hydrogen) atoms. The molecule has 6 rings (SSSR count). The van der Waals surface area contributed by atoms with Crippen LogP contribution in [-0.2, 0) is 18.5 Å². The molecule has 0 unspecified atom stereocenters. The van der Waals surface area contributed by atoms with Gasteiger partial charge in [-0.15, -0.1) is 0 Å². The largest absolute Gasteiger partial charge is 0.443 e. The van der Waals surface area contributed by atoms with Gasteiger partial charge in [-0.25, -0.2) is 9.97 Å². The van der Waals surface area contributed by atoms with Crippen molar-refractivity contribution in [1.29, 1.82) is 0 Å². The number of rotatable bonds is 2. The fourth-order valence-electron chi connectivity index (χ4n) is 5.00. The van der Waals surface area contributed by atoms with Crippen LogP contribution in [0.15, 0.2) is 70.2 Å². The highest BCUT2D eigenvalue weighted by Gasteiger charge is 2.39. The molecule has 0 N–H and O–H groups in total. The van der Waals surface area contributed by atoms with Crippen molar-refractivity contribution in [3.8, 4) is 22.3 Å². The van der Waals surface area contributed by atoms with E-state index in [0.29, 0.717) is 12.1 Å². The smallest absolute Gasteiger partial charge is 0.417 e. The van der Waals surface area contributed by atoms with Crippen LogP contribution in [0.5, 0.6) is 0 Å². The lowest BCUT2D eigenvalue weighted by atomic mass is 9.87. The van der Waals surface area contributed by atoms with Gasteiger partial charge in [0, 0.05) is 11.1 Å². The van der Waals surface area contributed by atoms with Gasteiger partial charge in [0.1, 0.15) is 11.0 Å². The number of alkyl halides is 9. The summed E-state index contributed by atoms with van der Waals surface area (Å²) in [4.78, 5) is 8.15. The van der Waals surface area contributed by atoms with E-state index in [9.17, 15) is 39.5 Å². The number of aromatic nitrogens is 2. The van der Waals surface area contributed by atoms with Crippen LogP contribution < -0.4 is 0 Å². The second-order valence-corrected chi connectivity index (χ2v) is 9.28. The summed E-state index contributed by atoms with van der Waals surface area (Å²) >= 11 is 0. The summed E-state index contributed by atoms with van der Waals surface area (Å²) in [6.45, 7) is 1.43. The van der Waals surface area contributed by atoms with Crippen LogP contribution in [0.25, 0.3) is 55.2 Å². The van der Waals surface area contributed by atoms with E-state index in [1.807, 2.05) is 0 Å². The Labute approximate surface area is 223 Å². The van der Waals surface area contributed by atoms with Crippen molar-refractivity contribution in [2.45, 2.75) is 25.5 Å². The topological polar surface area (TPSA) is 52.1 Å². The minimum absolute atomic E-state index is 0.0198. The molecule has 0 aliphatic carbocycles. The Morgan fingerprint density at radius 2 is 1.02 bits per heavy atom. The highest BCUT2D eigenvalue weighted by Crippen LogP contribution is 2.48. The molecule has 0 bridgehead atoms. The molecule has 4 aromatic carbocycles. The summed E-state index contributed by atoms with van der Waals surface area (Å²) in [6.07, 6.45) is -12.8. The maximum absolute atomic E-state index is 14.2. The molecule has 0 atom stereocenters. The fourth-order valence-corrected chi connectivity index (χ4v) is 5.00. The number of oxazole rings is 2. The molecule has 0 fully saturated rings. The van der Waals surface area contributed by atoms with Gasteiger partial charge >= 0.3 is 18.5 Å². The van der Waals surface area contributed by atoms with Gasteiger partial charge in [-0.1, -0.05) is 12.1 Å². The molecular weight excluding hydrogens is 567 g/mol. The second-order valence-electron chi connectivity index (χ2n) is 9.28. The van der Waals surface area contributed by atoms with Gasteiger partial charge in [0.25, 0.3) is 0 Å². The standard InChI is InChI=1S/C28H13F9N2O2/c1-12-6-13(26(29,30)31)2-4-15(12)22-17-8-21-25(41-11-39-21)23(18(17)9-20-24(22)40-10-38-20)16-5-3-14(27(32,33)34)7-19(16)28(35,36)37/h2-11H,1H3. The zero-order valence-corrected chi connectivity index (χ0v) is 20.4. The quantitative estimate of drug-likeness (QED) is 0.191. The monoisotopic (exact) mass is 580 g/mol. The highest BCUT2D eigenvalue weighted by atomic mass is 19.4. The lowest BCUT2D eigenvalue weighted by Crippen LogP contribution is -2.12. The average Bonchev–Trinajstić information content (AvgIpc) is 3.53. The predicted molar refractivity (Wildman–Crippen MR) is 130 cm³/mol. The van der Waals surface area contributed by atoms with Crippen molar-refractivity contribution in [3.05, 3.63) is 83.6 Å². The Bertz CT molecular complexity index is 1980. The number of hydrogen-bond acceptors (Lipinski definition) is 4. The van der Waals surface area contributed by atoms with Gasteiger partial charge < -0.3 is 8.83 Å². The molecule has 210 valence electrons. The number of benzene rings is 4. The zero-order valence-electron chi connectivity index (χ0n) is 20.4. The van der Waals surface area contributed by atoms with Crippen molar-refractivity contribution in [3.63, 3.8) is 0 Å². The third-order valence-electron chi connectivity index (χ3n) is 6.78. The van der Waals surface area contributed by atoms with E-state index in [4.69, 9.17) is 8.83 Å². The molecule has 0 saturated heterocycles. The molecule has 0 amide bonds. The van der Waals surface area contributed by atoms with Crippen LogP contribution in [0.1, 0.15) is 22.3 Å². The Balaban J connectivity index is 1.76. The van der Waals surface area contributed by atoms with Crippen LogP contribution in [0.3, 0.4) is 0 Å².